The van der Waals surface area contributed by atoms with Crippen molar-refractivity contribution in [3.63, 3.8) is 0 Å². The van der Waals surface area contributed by atoms with Crippen molar-refractivity contribution < 1.29 is 24.7 Å². The zero-order valence-corrected chi connectivity index (χ0v) is 18.5. The standard InChI is InChI=1S/C17H15N7O5S3/c18-15-22-9(7-30-15)17(23-10(25)5-21-29)8(6-31-16-19-2-1-3-20-16)13(14(27)28)24-11(26)4-12(24)32-17/h1-3,5,7,12,29H,4,6H2,(H2,18,22)(H,23,25)(H,27,28)/b21-5+/t12-,17?/m1/s1. The number of nitrogens with one attached hydrogen (secondary N) is 1. The van der Waals surface area contributed by atoms with Gasteiger partial charge in [-0.1, -0.05) is 28.7 Å². The van der Waals surface area contributed by atoms with E-state index in [4.69, 9.17) is 10.9 Å². The number of carboxylic acids is 1. The number of rotatable bonds is 7. The van der Waals surface area contributed by atoms with E-state index in [1.807, 2.05) is 0 Å². The highest BCUT2D eigenvalue weighted by atomic mass is 32.2. The van der Waals surface area contributed by atoms with Gasteiger partial charge in [-0.25, -0.2) is 19.7 Å². The normalized spacial score (nSPS) is 22.6. The Morgan fingerprint density at radius 1 is 1.44 bits per heavy atom. The second-order valence-corrected chi connectivity index (χ2v) is 9.70. The molecule has 12 nitrogen and oxygen atoms in total. The second-order valence-electron chi connectivity index (χ2n) is 6.48. The lowest BCUT2D eigenvalue weighted by Crippen LogP contribution is -2.61. The van der Waals surface area contributed by atoms with Gasteiger partial charge in [0.25, 0.3) is 5.91 Å². The Kier molecular flexibility index (Phi) is 6.03. The van der Waals surface area contributed by atoms with Crippen LogP contribution in [0.15, 0.2) is 45.4 Å². The fourth-order valence-corrected chi connectivity index (χ4v) is 6.66. The molecule has 32 heavy (non-hydrogen) atoms. The number of thiazole rings is 1. The van der Waals surface area contributed by atoms with Gasteiger partial charge in [0, 0.05) is 29.1 Å². The number of nitrogen functional groups attached to an aromatic ring is 1. The number of carboxylic acid groups (broad SMARTS) is 1. The number of anilines is 1. The Morgan fingerprint density at radius 2 is 2.19 bits per heavy atom. The van der Waals surface area contributed by atoms with Gasteiger partial charge >= 0.3 is 5.97 Å². The van der Waals surface area contributed by atoms with E-state index in [1.165, 1.54) is 4.90 Å². The van der Waals surface area contributed by atoms with Crippen LogP contribution < -0.4 is 11.1 Å². The third-order valence-electron chi connectivity index (χ3n) is 4.62. The summed E-state index contributed by atoms with van der Waals surface area (Å²) >= 11 is 3.42. The first kappa shape index (κ1) is 22.0. The number of oxime groups is 1. The molecular weight excluding hydrogens is 478 g/mol. The summed E-state index contributed by atoms with van der Waals surface area (Å²) in [5, 5.41) is 26.0. The summed E-state index contributed by atoms with van der Waals surface area (Å²) < 4.78 is 0. The molecule has 0 aromatic carbocycles. The number of β-lactam (4-membered cyclic amide) rings is 1. The SMILES string of the molecule is Nc1nc(C2(NC(=O)/C=N/O)S[C@@H]3CC(=O)N3C(C(=O)O)=C2CSc2ncccn2)cs1. The molecule has 2 atom stereocenters. The van der Waals surface area contributed by atoms with E-state index >= 15 is 0 Å². The predicted octanol–water partition coefficient (Wildman–Crippen LogP) is 0.681. The van der Waals surface area contributed by atoms with Gasteiger partial charge < -0.3 is 21.4 Å². The molecule has 0 bridgehead atoms. The number of carbonyl (C=O) groups excluding carboxylic acids is 2. The van der Waals surface area contributed by atoms with Crippen LogP contribution in [0.25, 0.3) is 0 Å². The Morgan fingerprint density at radius 3 is 2.78 bits per heavy atom. The van der Waals surface area contributed by atoms with Crippen molar-refractivity contribution in [3.8, 4) is 0 Å². The molecule has 166 valence electrons. The smallest absolute Gasteiger partial charge is 0.352 e. The van der Waals surface area contributed by atoms with E-state index in [0.717, 1.165) is 34.9 Å². The van der Waals surface area contributed by atoms with E-state index < -0.39 is 22.1 Å². The van der Waals surface area contributed by atoms with Gasteiger partial charge in [0.05, 0.1) is 17.5 Å². The summed E-state index contributed by atoms with van der Waals surface area (Å²) in [6, 6.07) is 1.64. The third-order valence-corrected chi connectivity index (χ3v) is 7.75. The minimum Gasteiger partial charge on any atom is -0.477 e. The highest BCUT2D eigenvalue weighted by Gasteiger charge is 2.56. The number of thioether (sulfide) groups is 2. The van der Waals surface area contributed by atoms with E-state index in [-0.39, 0.29) is 34.5 Å². The Balaban J connectivity index is 1.89. The van der Waals surface area contributed by atoms with E-state index in [0.29, 0.717) is 17.1 Å². The molecule has 2 aliphatic rings. The van der Waals surface area contributed by atoms with Crippen LogP contribution in [0.2, 0.25) is 0 Å². The summed E-state index contributed by atoms with van der Waals surface area (Å²) in [5.74, 6) is -2.43. The first-order chi connectivity index (χ1) is 15.4. The summed E-state index contributed by atoms with van der Waals surface area (Å²) in [6.07, 6.45) is 3.83. The van der Waals surface area contributed by atoms with Gasteiger partial charge in [-0.2, -0.15) is 0 Å². The van der Waals surface area contributed by atoms with Crippen molar-refractivity contribution in [1.82, 2.24) is 25.2 Å². The van der Waals surface area contributed by atoms with Crippen LogP contribution in [0.4, 0.5) is 5.13 Å². The zero-order valence-electron chi connectivity index (χ0n) is 16.0. The summed E-state index contributed by atoms with van der Waals surface area (Å²) in [6.45, 7) is 0. The number of nitrogens with two attached hydrogens (primary N) is 1. The predicted molar refractivity (Wildman–Crippen MR) is 117 cm³/mol. The number of hydrogen-bond donors (Lipinski definition) is 4. The first-order valence-corrected chi connectivity index (χ1v) is 11.7. The lowest BCUT2D eigenvalue weighted by Gasteiger charge is -2.51. The largest absolute Gasteiger partial charge is 0.477 e. The molecule has 0 spiro atoms. The molecule has 1 fully saturated rings. The van der Waals surface area contributed by atoms with Crippen LogP contribution in [0.5, 0.6) is 0 Å². The highest BCUT2D eigenvalue weighted by Crippen LogP contribution is 2.54. The van der Waals surface area contributed by atoms with Gasteiger partial charge in [0.2, 0.25) is 5.91 Å². The molecule has 2 aliphatic heterocycles. The first-order valence-electron chi connectivity index (χ1n) is 8.93. The van der Waals surface area contributed by atoms with Crippen molar-refractivity contribution in [2.75, 3.05) is 11.5 Å². The van der Waals surface area contributed by atoms with Gasteiger partial charge in [-0.15, -0.1) is 11.3 Å². The number of nitrogens with zero attached hydrogens (tertiary/aromatic N) is 5. The average Bonchev–Trinajstić information content (AvgIpc) is 3.19. The zero-order chi connectivity index (χ0) is 22.9. The summed E-state index contributed by atoms with van der Waals surface area (Å²) in [4.78, 5) is 49.4. The Bertz CT molecular complexity index is 1140. The second kappa shape index (κ2) is 8.76. The topological polar surface area (TPSA) is 184 Å². The molecule has 0 saturated carbocycles. The number of amides is 2. The van der Waals surface area contributed by atoms with Crippen molar-refractivity contribution in [3.05, 3.63) is 40.8 Å². The van der Waals surface area contributed by atoms with Gasteiger partial charge in [-0.3, -0.25) is 14.5 Å². The van der Waals surface area contributed by atoms with Crippen LogP contribution >= 0.6 is 34.9 Å². The van der Waals surface area contributed by atoms with Gasteiger partial charge in [0.15, 0.2) is 15.2 Å². The number of hydrogen-bond acceptors (Lipinski definition) is 12. The monoisotopic (exact) mass is 493 g/mol. The molecule has 1 unspecified atom stereocenters. The fourth-order valence-electron chi connectivity index (χ4n) is 3.33. The lowest BCUT2D eigenvalue weighted by molar-refractivity contribution is -0.146. The van der Waals surface area contributed by atoms with Crippen LogP contribution in [-0.4, -0.2) is 65.3 Å². The Labute approximate surface area is 193 Å². The number of fused-ring (bicyclic) bond motifs is 1. The maximum atomic E-state index is 12.5. The van der Waals surface area contributed by atoms with Crippen molar-refractivity contribution in [2.24, 2.45) is 5.16 Å². The summed E-state index contributed by atoms with van der Waals surface area (Å²) in [5.41, 5.74) is 6.08. The van der Waals surface area contributed by atoms with Crippen molar-refractivity contribution in [1.29, 1.82) is 0 Å². The van der Waals surface area contributed by atoms with Crippen molar-refractivity contribution >= 4 is 64.0 Å². The van der Waals surface area contributed by atoms with Crippen LogP contribution in [0.3, 0.4) is 0 Å². The van der Waals surface area contributed by atoms with Crippen LogP contribution in [-0.2, 0) is 19.3 Å². The fraction of sp³-hybridized carbons (Fsp3) is 0.235. The highest BCUT2D eigenvalue weighted by molar-refractivity contribution is 8.01. The molecular formula is C17H15N7O5S3. The molecule has 0 radical (unpaired) electrons. The minimum atomic E-state index is -1.48. The number of aliphatic carboxylic acids is 1. The van der Waals surface area contributed by atoms with E-state index in [9.17, 15) is 19.5 Å². The van der Waals surface area contributed by atoms with Crippen LogP contribution in [0, 0.1) is 0 Å². The molecule has 2 amide bonds. The van der Waals surface area contributed by atoms with Crippen molar-refractivity contribution in [2.45, 2.75) is 21.8 Å². The number of aromatic nitrogens is 3. The lowest BCUT2D eigenvalue weighted by atomic mass is 9.98. The average molecular weight is 494 g/mol. The molecule has 4 heterocycles. The number of carbonyl (C=O) groups is 3. The van der Waals surface area contributed by atoms with Gasteiger partial charge in [-0.05, 0) is 6.07 Å². The maximum absolute atomic E-state index is 12.5. The van der Waals surface area contributed by atoms with Crippen LogP contribution in [0.1, 0.15) is 12.1 Å². The summed E-state index contributed by atoms with van der Waals surface area (Å²) in [7, 11) is 0. The Hall–Kier alpha value is -3.17. The molecule has 1 saturated heterocycles. The minimum absolute atomic E-state index is 0.0170. The maximum Gasteiger partial charge on any atom is 0.352 e. The molecule has 0 aliphatic carbocycles. The molecule has 2 aromatic heterocycles. The quantitative estimate of drug-likeness (QED) is 0.106. The third kappa shape index (κ3) is 3.89. The molecule has 15 heteroatoms. The molecule has 4 rings (SSSR count). The molecule has 5 N–H and O–H groups in total. The molecule has 2 aromatic rings. The van der Waals surface area contributed by atoms with Gasteiger partial charge in [0.1, 0.15) is 11.9 Å². The van der Waals surface area contributed by atoms with E-state index in [1.54, 1.807) is 23.8 Å². The van der Waals surface area contributed by atoms with E-state index in [2.05, 4.69) is 25.4 Å².